The smallest absolute Gasteiger partial charge is 0.170 e. The number of hydrogen-bond donors (Lipinski definition) is 0. The van der Waals surface area contributed by atoms with Crippen LogP contribution in [0.4, 0.5) is 4.39 Å². The molecule has 0 amide bonds. The van der Waals surface area contributed by atoms with E-state index in [4.69, 9.17) is 4.74 Å². The third-order valence-corrected chi connectivity index (χ3v) is 3.17. The summed E-state index contributed by atoms with van der Waals surface area (Å²) in [5, 5.41) is 0. The number of halogens is 1. The number of Topliss-reactive ketones (excluding diaryl/α,β-unsaturated/α-hetero) is 1. The van der Waals surface area contributed by atoms with Gasteiger partial charge >= 0.3 is 0 Å². The van der Waals surface area contributed by atoms with Crippen molar-refractivity contribution >= 4 is 5.78 Å². The highest BCUT2D eigenvalue weighted by molar-refractivity contribution is 6.00. The third-order valence-electron chi connectivity index (χ3n) is 3.17. The molecule has 1 aliphatic heterocycles. The molecule has 1 aromatic carbocycles. The summed E-state index contributed by atoms with van der Waals surface area (Å²) in [6, 6.07) is 8.24. The molecule has 19 heavy (non-hydrogen) atoms. The first-order valence-electron chi connectivity index (χ1n) is 6.06. The lowest BCUT2D eigenvalue weighted by atomic mass is 9.97. The molecule has 1 unspecified atom stereocenters. The van der Waals surface area contributed by atoms with Gasteiger partial charge in [-0.1, -0.05) is 11.6 Å². The van der Waals surface area contributed by atoms with Crippen LogP contribution >= 0.6 is 0 Å². The van der Waals surface area contributed by atoms with Crippen LogP contribution in [-0.2, 0) is 0 Å². The molecular formula is C15H12FNO2. The summed E-state index contributed by atoms with van der Waals surface area (Å²) in [5.74, 6) is 0.00719. The van der Waals surface area contributed by atoms with E-state index in [0.717, 1.165) is 5.56 Å². The van der Waals surface area contributed by atoms with Crippen molar-refractivity contribution in [1.82, 2.24) is 4.98 Å². The minimum absolute atomic E-state index is 0.0417. The van der Waals surface area contributed by atoms with Crippen LogP contribution in [-0.4, -0.2) is 10.8 Å². The zero-order chi connectivity index (χ0) is 13.4. The summed E-state index contributed by atoms with van der Waals surface area (Å²) in [5.41, 5.74) is 1.74. The fraction of sp³-hybridized carbons (Fsp3) is 0.200. The number of hydrogen-bond acceptors (Lipinski definition) is 3. The minimum atomic E-state index is -0.649. The molecule has 0 aliphatic carbocycles. The SMILES string of the molecule is Cc1ccc2c(c1)C(=O)CC(c1ncccc1F)O2. The zero-order valence-electron chi connectivity index (χ0n) is 10.4. The molecule has 96 valence electrons. The second-order valence-corrected chi connectivity index (χ2v) is 4.60. The molecule has 2 heterocycles. The number of rotatable bonds is 1. The standard InChI is InChI=1S/C15H12FNO2/c1-9-4-5-13-10(7-9)12(18)8-14(19-13)15-11(16)3-2-6-17-15/h2-7,14H,8H2,1H3. The Bertz CT molecular complexity index is 654. The van der Waals surface area contributed by atoms with Crippen molar-refractivity contribution < 1.29 is 13.9 Å². The lowest BCUT2D eigenvalue weighted by Gasteiger charge is -2.25. The molecule has 0 bridgehead atoms. The van der Waals surface area contributed by atoms with E-state index >= 15 is 0 Å². The molecule has 0 fully saturated rings. The number of aromatic nitrogens is 1. The van der Waals surface area contributed by atoms with Gasteiger partial charge in [0.05, 0.1) is 12.0 Å². The highest BCUT2D eigenvalue weighted by Gasteiger charge is 2.30. The Morgan fingerprint density at radius 1 is 1.37 bits per heavy atom. The maximum atomic E-state index is 13.7. The fourth-order valence-electron chi connectivity index (χ4n) is 2.23. The minimum Gasteiger partial charge on any atom is -0.483 e. The molecule has 2 aromatic rings. The largest absolute Gasteiger partial charge is 0.483 e. The molecule has 0 spiro atoms. The van der Waals surface area contributed by atoms with Gasteiger partial charge in [0.25, 0.3) is 0 Å². The maximum Gasteiger partial charge on any atom is 0.170 e. The molecule has 1 atom stereocenters. The van der Waals surface area contributed by atoms with Gasteiger partial charge < -0.3 is 4.74 Å². The lowest BCUT2D eigenvalue weighted by molar-refractivity contribution is 0.0839. The maximum absolute atomic E-state index is 13.7. The van der Waals surface area contributed by atoms with Crippen molar-refractivity contribution in [3.05, 3.63) is 59.2 Å². The van der Waals surface area contributed by atoms with Gasteiger partial charge in [-0.05, 0) is 31.2 Å². The lowest BCUT2D eigenvalue weighted by Crippen LogP contribution is -2.22. The Morgan fingerprint density at radius 2 is 2.21 bits per heavy atom. The number of benzene rings is 1. The first-order chi connectivity index (χ1) is 9.15. The second-order valence-electron chi connectivity index (χ2n) is 4.60. The van der Waals surface area contributed by atoms with Crippen molar-refractivity contribution in [2.75, 3.05) is 0 Å². The van der Waals surface area contributed by atoms with E-state index in [9.17, 15) is 9.18 Å². The molecule has 3 rings (SSSR count). The van der Waals surface area contributed by atoms with Gasteiger partial charge in [0.2, 0.25) is 0 Å². The number of ether oxygens (including phenoxy) is 1. The Labute approximate surface area is 110 Å². The Balaban J connectivity index is 2.00. The second kappa shape index (κ2) is 4.46. The Kier molecular flexibility index (Phi) is 2.78. The van der Waals surface area contributed by atoms with E-state index in [1.807, 2.05) is 13.0 Å². The predicted octanol–water partition coefficient (Wildman–Crippen LogP) is 3.24. The molecule has 0 N–H and O–H groups in total. The van der Waals surface area contributed by atoms with Gasteiger partial charge in [0.1, 0.15) is 17.3 Å². The van der Waals surface area contributed by atoms with Gasteiger partial charge in [-0.3, -0.25) is 9.78 Å². The van der Waals surface area contributed by atoms with Crippen molar-refractivity contribution in [2.24, 2.45) is 0 Å². The topological polar surface area (TPSA) is 39.2 Å². The third kappa shape index (κ3) is 2.10. The molecular weight excluding hydrogens is 245 g/mol. The fourth-order valence-corrected chi connectivity index (χ4v) is 2.23. The van der Waals surface area contributed by atoms with Gasteiger partial charge in [-0.15, -0.1) is 0 Å². The van der Waals surface area contributed by atoms with E-state index in [-0.39, 0.29) is 17.9 Å². The highest BCUT2D eigenvalue weighted by atomic mass is 19.1. The average molecular weight is 257 g/mol. The number of carbonyl (C=O) groups excluding carboxylic acids is 1. The summed E-state index contributed by atoms with van der Waals surface area (Å²) in [4.78, 5) is 16.1. The number of fused-ring (bicyclic) bond motifs is 1. The molecule has 0 saturated carbocycles. The van der Waals surface area contributed by atoms with Crippen LogP contribution in [0, 0.1) is 12.7 Å². The molecule has 0 saturated heterocycles. The first-order valence-corrected chi connectivity index (χ1v) is 6.06. The zero-order valence-corrected chi connectivity index (χ0v) is 10.4. The van der Waals surface area contributed by atoms with Crippen LogP contribution in [0.1, 0.15) is 34.1 Å². The van der Waals surface area contributed by atoms with E-state index in [1.54, 1.807) is 12.1 Å². The van der Waals surface area contributed by atoms with E-state index in [2.05, 4.69) is 4.98 Å². The molecule has 4 heteroatoms. The van der Waals surface area contributed by atoms with E-state index < -0.39 is 11.9 Å². The van der Waals surface area contributed by atoms with Crippen LogP contribution in [0.2, 0.25) is 0 Å². The van der Waals surface area contributed by atoms with Gasteiger partial charge in [0.15, 0.2) is 11.9 Å². The van der Waals surface area contributed by atoms with Gasteiger partial charge in [-0.25, -0.2) is 4.39 Å². The van der Waals surface area contributed by atoms with Crippen LogP contribution in [0.25, 0.3) is 0 Å². The summed E-state index contributed by atoms with van der Waals surface area (Å²) in [7, 11) is 0. The van der Waals surface area contributed by atoms with Gasteiger partial charge in [-0.2, -0.15) is 0 Å². The number of carbonyl (C=O) groups is 1. The monoisotopic (exact) mass is 257 g/mol. The molecule has 1 aromatic heterocycles. The Hall–Kier alpha value is -2.23. The molecule has 0 radical (unpaired) electrons. The van der Waals surface area contributed by atoms with Crippen LogP contribution < -0.4 is 4.74 Å². The summed E-state index contributed by atoms with van der Waals surface area (Å²) >= 11 is 0. The van der Waals surface area contributed by atoms with Crippen LogP contribution in [0.15, 0.2) is 36.5 Å². The van der Waals surface area contributed by atoms with Crippen molar-refractivity contribution in [3.8, 4) is 5.75 Å². The summed E-state index contributed by atoms with van der Waals surface area (Å²) < 4.78 is 19.4. The van der Waals surface area contributed by atoms with Gasteiger partial charge in [0, 0.05) is 6.20 Å². The first kappa shape index (κ1) is 11.8. The van der Waals surface area contributed by atoms with E-state index in [0.29, 0.717) is 11.3 Å². The normalized spacial score (nSPS) is 17.8. The van der Waals surface area contributed by atoms with Crippen molar-refractivity contribution in [3.63, 3.8) is 0 Å². The number of pyridine rings is 1. The number of aryl methyl sites for hydroxylation is 1. The molecule has 1 aliphatic rings. The number of nitrogens with zero attached hydrogens (tertiary/aromatic N) is 1. The Morgan fingerprint density at radius 3 is 3.00 bits per heavy atom. The van der Waals surface area contributed by atoms with Crippen LogP contribution in [0.5, 0.6) is 5.75 Å². The summed E-state index contributed by atoms with van der Waals surface area (Å²) in [6.45, 7) is 1.91. The predicted molar refractivity (Wildman–Crippen MR) is 67.7 cm³/mol. The average Bonchev–Trinajstić information content (AvgIpc) is 2.40. The van der Waals surface area contributed by atoms with Crippen molar-refractivity contribution in [2.45, 2.75) is 19.4 Å². The quantitative estimate of drug-likeness (QED) is 0.787. The van der Waals surface area contributed by atoms with E-state index in [1.165, 1.54) is 18.3 Å². The summed E-state index contributed by atoms with van der Waals surface area (Å²) in [6.07, 6.45) is 0.963. The van der Waals surface area contributed by atoms with Crippen LogP contribution in [0.3, 0.4) is 0 Å². The highest BCUT2D eigenvalue weighted by Crippen LogP contribution is 2.35. The number of ketones is 1. The molecule has 3 nitrogen and oxygen atoms in total. The van der Waals surface area contributed by atoms with Crippen molar-refractivity contribution in [1.29, 1.82) is 0 Å².